The third kappa shape index (κ3) is 7.46. The maximum atomic E-state index is 12.5. The van der Waals surface area contributed by atoms with Crippen LogP contribution in [-0.2, 0) is 25.6 Å². The summed E-state index contributed by atoms with van der Waals surface area (Å²) in [5.74, 6) is -0.305. The predicted molar refractivity (Wildman–Crippen MR) is 117 cm³/mol. The molecule has 1 saturated heterocycles. The summed E-state index contributed by atoms with van der Waals surface area (Å²) in [6.45, 7) is 3.92. The molecule has 0 spiro atoms. The molecular formula is C23H26N2O8. The summed E-state index contributed by atoms with van der Waals surface area (Å²) >= 11 is 0. The number of ether oxygens (including phenoxy) is 4. The Morgan fingerprint density at radius 1 is 1.03 bits per heavy atom. The van der Waals surface area contributed by atoms with Crippen LogP contribution in [0.4, 0.5) is 10.5 Å². The Bertz CT molecular complexity index is 949. The molecule has 2 aromatic carbocycles. The van der Waals surface area contributed by atoms with Crippen molar-refractivity contribution >= 4 is 17.7 Å². The van der Waals surface area contributed by atoms with Crippen LogP contribution in [-0.4, -0.2) is 48.4 Å². The molecule has 33 heavy (non-hydrogen) atoms. The van der Waals surface area contributed by atoms with Crippen LogP contribution >= 0.6 is 0 Å². The zero-order chi connectivity index (χ0) is 23.8. The minimum Gasteiger partial charge on any atom is -0.491 e. The number of nitrogens with one attached hydrogen (secondary N) is 1. The number of epoxide rings is 1. The second-order valence-corrected chi connectivity index (χ2v) is 7.83. The van der Waals surface area contributed by atoms with Crippen molar-refractivity contribution in [1.29, 1.82) is 0 Å². The fourth-order valence-corrected chi connectivity index (χ4v) is 2.96. The summed E-state index contributed by atoms with van der Waals surface area (Å²) in [5, 5.41) is 13.2. The van der Waals surface area contributed by atoms with Crippen molar-refractivity contribution in [3.05, 3.63) is 70.3 Å². The number of carbonyl (C=O) groups excluding carboxylic acids is 2. The second kappa shape index (κ2) is 11.3. The van der Waals surface area contributed by atoms with Gasteiger partial charge in [0.1, 0.15) is 43.8 Å². The first-order valence-corrected chi connectivity index (χ1v) is 10.5. The quantitative estimate of drug-likeness (QED) is 0.235. The maximum absolute atomic E-state index is 12.5. The van der Waals surface area contributed by atoms with E-state index in [4.69, 9.17) is 18.9 Å². The molecule has 176 valence electrons. The molecule has 1 fully saturated rings. The Morgan fingerprint density at radius 3 is 2.33 bits per heavy atom. The zero-order valence-electron chi connectivity index (χ0n) is 18.3. The van der Waals surface area contributed by atoms with Gasteiger partial charge in [0.2, 0.25) is 0 Å². The van der Waals surface area contributed by atoms with Gasteiger partial charge in [-0.1, -0.05) is 44.2 Å². The molecule has 2 aromatic rings. The number of amides is 1. The number of benzene rings is 2. The lowest BCUT2D eigenvalue weighted by atomic mass is 10.1. The minimum atomic E-state index is -0.859. The van der Waals surface area contributed by atoms with Crippen molar-refractivity contribution in [3.63, 3.8) is 0 Å². The molecule has 1 amide bonds. The van der Waals surface area contributed by atoms with Gasteiger partial charge in [-0.05, 0) is 23.6 Å². The summed E-state index contributed by atoms with van der Waals surface area (Å²) in [4.78, 5) is 34.7. The van der Waals surface area contributed by atoms with E-state index in [1.807, 2.05) is 30.3 Å². The van der Waals surface area contributed by atoms with Crippen molar-refractivity contribution in [3.8, 4) is 5.75 Å². The van der Waals surface area contributed by atoms with E-state index in [9.17, 15) is 19.7 Å². The highest BCUT2D eigenvalue weighted by molar-refractivity contribution is 5.81. The Kier molecular flexibility index (Phi) is 8.20. The van der Waals surface area contributed by atoms with Gasteiger partial charge in [-0.2, -0.15) is 0 Å². The lowest BCUT2D eigenvalue weighted by molar-refractivity contribution is -0.384. The summed E-state index contributed by atoms with van der Waals surface area (Å²) in [7, 11) is 0. The van der Waals surface area contributed by atoms with Gasteiger partial charge in [0, 0.05) is 12.1 Å². The van der Waals surface area contributed by atoms with E-state index in [1.54, 1.807) is 13.8 Å². The standard InChI is InChI=1S/C23H26N2O8/c1-15(2)21(24-23(27)32-12-16-6-4-3-5-7-16)22(26)31-14-20-19(33-20)13-30-18-10-8-17(9-11-18)25(28)29/h3-11,15,19-21H,12-14H2,1-2H3,(H,24,27)/t19-,20+,21+/m0/s1. The summed E-state index contributed by atoms with van der Waals surface area (Å²) in [6.07, 6.45) is -1.27. The van der Waals surface area contributed by atoms with Crippen LogP contribution in [0.15, 0.2) is 54.6 Å². The normalized spacial score (nSPS) is 17.7. The molecule has 10 heteroatoms. The van der Waals surface area contributed by atoms with Gasteiger partial charge in [0.25, 0.3) is 5.69 Å². The minimum absolute atomic E-state index is 0.0212. The van der Waals surface area contributed by atoms with E-state index in [-0.39, 0.29) is 43.6 Å². The molecule has 1 N–H and O–H groups in total. The number of rotatable bonds is 11. The highest BCUT2D eigenvalue weighted by Gasteiger charge is 2.41. The molecule has 0 aliphatic carbocycles. The summed E-state index contributed by atoms with van der Waals surface area (Å²) < 4.78 is 21.5. The average molecular weight is 458 g/mol. The van der Waals surface area contributed by atoms with Crippen LogP contribution in [0.25, 0.3) is 0 Å². The molecule has 1 heterocycles. The maximum Gasteiger partial charge on any atom is 0.408 e. The van der Waals surface area contributed by atoms with Gasteiger partial charge in [-0.15, -0.1) is 0 Å². The van der Waals surface area contributed by atoms with Gasteiger partial charge in [0.05, 0.1) is 4.92 Å². The number of hydrogen-bond acceptors (Lipinski definition) is 8. The Morgan fingerprint density at radius 2 is 1.70 bits per heavy atom. The van der Waals surface area contributed by atoms with Crippen LogP contribution in [0.1, 0.15) is 19.4 Å². The molecule has 3 atom stereocenters. The fraction of sp³-hybridized carbons (Fsp3) is 0.391. The number of nitro groups is 1. The van der Waals surface area contributed by atoms with Gasteiger partial charge >= 0.3 is 12.1 Å². The number of alkyl carbamates (subject to hydrolysis) is 1. The molecular weight excluding hydrogens is 432 g/mol. The lowest BCUT2D eigenvalue weighted by Gasteiger charge is -2.20. The van der Waals surface area contributed by atoms with E-state index >= 15 is 0 Å². The lowest BCUT2D eigenvalue weighted by Crippen LogP contribution is -2.45. The number of non-ortho nitro benzene ring substituents is 1. The molecule has 0 radical (unpaired) electrons. The van der Waals surface area contributed by atoms with Crippen molar-refractivity contribution < 1.29 is 33.5 Å². The molecule has 0 aromatic heterocycles. The van der Waals surface area contributed by atoms with Crippen molar-refractivity contribution in [2.75, 3.05) is 13.2 Å². The highest BCUT2D eigenvalue weighted by atomic mass is 16.6. The fourth-order valence-electron chi connectivity index (χ4n) is 2.96. The predicted octanol–water partition coefficient (Wildman–Crippen LogP) is 3.24. The SMILES string of the molecule is CC(C)[C@@H](NC(=O)OCc1ccccc1)C(=O)OC[C@H]1O[C@H]1COc1ccc([N+](=O)[O-])cc1. The number of carbonyl (C=O) groups is 2. The highest BCUT2D eigenvalue weighted by Crippen LogP contribution is 2.25. The third-order valence-corrected chi connectivity index (χ3v) is 4.95. The third-order valence-electron chi connectivity index (χ3n) is 4.95. The average Bonchev–Trinajstić information content (AvgIpc) is 3.57. The second-order valence-electron chi connectivity index (χ2n) is 7.83. The van der Waals surface area contributed by atoms with Crippen molar-refractivity contribution in [2.24, 2.45) is 5.92 Å². The van der Waals surface area contributed by atoms with Gasteiger partial charge in [-0.3, -0.25) is 10.1 Å². The van der Waals surface area contributed by atoms with Gasteiger partial charge in [-0.25, -0.2) is 9.59 Å². The molecule has 1 aliphatic rings. The summed E-state index contributed by atoms with van der Waals surface area (Å²) in [6, 6.07) is 14.1. The Hall–Kier alpha value is -3.66. The number of nitrogens with zero attached hydrogens (tertiary/aromatic N) is 1. The summed E-state index contributed by atoms with van der Waals surface area (Å²) in [5.41, 5.74) is 0.816. The smallest absolute Gasteiger partial charge is 0.408 e. The molecule has 3 rings (SSSR count). The van der Waals surface area contributed by atoms with E-state index in [1.165, 1.54) is 24.3 Å². The molecule has 10 nitrogen and oxygen atoms in total. The first-order valence-electron chi connectivity index (χ1n) is 10.5. The van der Waals surface area contributed by atoms with Gasteiger partial charge < -0.3 is 24.3 Å². The van der Waals surface area contributed by atoms with Crippen molar-refractivity contribution in [2.45, 2.75) is 38.7 Å². The Labute approximate surface area is 190 Å². The Balaban J connectivity index is 1.37. The molecule has 0 bridgehead atoms. The van der Waals surface area contributed by atoms with E-state index in [2.05, 4.69) is 5.32 Å². The topological polar surface area (TPSA) is 130 Å². The number of nitro benzene ring substituents is 1. The van der Waals surface area contributed by atoms with Crippen LogP contribution in [0.2, 0.25) is 0 Å². The number of esters is 1. The van der Waals surface area contributed by atoms with Crippen molar-refractivity contribution in [1.82, 2.24) is 5.32 Å². The molecule has 0 unspecified atom stereocenters. The molecule has 1 aliphatic heterocycles. The van der Waals surface area contributed by atoms with Crippen LogP contribution < -0.4 is 10.1 Å². The van der Waals surface area contributed by atoms with Crippen LogP contribution in [0.3, 0.4) is 0 Å². The largest absolute Gasteiger partial charge is 0.491 e. The van der Waals surface area contributed by atoms with Crippen LogP contribution in [0, 0.1) is 16.0 Å². The first kappa shape index (κ1) is 24.0. The van der Waals surface area contributed by atoms with Gasteiger partial charge in [0.15, 0.2) is 0 Å². The monoisotopic (exact) mass is 458 g/mol. The van der Waals surface area contributed by atoms with E-state index in [0.29, 0.717) is 5.75 Å². The first-order chi connectivity index (χ1) is 15.8. The molecule has 0 saturated carbocycles. The number of hydrogen-bond donors (Lipinski definition) is 1. The zero-order valence-corrected chi connectivity index (χ0v) is 18.3. The van der Waals surface area contributed by atoms with Crippen LogP contribution in [0.5, 0.6) is 5.75 Å². The van der Waals surface area contributed by atoms with E-state index in [0.717, 1.165) is 5.56 Å². The van der Waals surface area contributed by atoms with E-state index < -0.39 is 23.0 Å².